The number of nitrogens with one attached hydrogen (secondary N) is 1. The predicted molar refractivity (Wildman–Crippen MR) is 71.2 cm³/mol. The van der Waals surface area contributed by atoms with Gasteiger partial charge in [-0.15, -0.1) is 0 Å². The van der Waals surface area contributed by atoms with Crippen LogP contribution in [0.15, 0.2) is 11.0 Å². The summed E-state index contributed by atoms with van der Waals surface area (Å²) in [5.41, 5.74) is 0.170. The third-order valence-electron chi connectivity index (χ3n) is 2.17. The molecule has 1 N–H and O–H groups in total. The lowest BCUT2D eigenvalue weighted by atomic mass is 10.3. The van der Waals surface area contributed by atoms with E-state index in [0.29, 0.717) is 18.0 Å². The van der Waals surface area contributed by atoms with Gasteiger partial charge >= 0.3 is 0 Å². The molecule has 1 heterocycles. The minimum atomic E-state index is -0.897. The van der Waals surface area contributed by atoms with E-state index < -0.39 is 10.8 Å². The molecular weight excluding hydrogens is 262 g/mol. The Hall–Kier alpha value is -0.880. The molecule has 0 saturated heterocycles. The summed E-state index contributed by atoms with van der Waals surface area (Å²) < 4.78 is 12.3. The minimum absolute atomic E-state index is 0.0305. The molecule has 2 atom stereocenters. The Bertz CT molecular complexity index is 475. The molecular formula is C10H16ClN3O2S. The van der Waals surface area contributed by atoms with E-state index in [9.17, 15) is 9.00 Å². The zero-order valence-corrected chi connectivity index (χ0v) is 11.6. The highest BCUT2D eigenvalue weighted by molar-refractivity contribution is 7.84. The number of hydrogen-bond acceptors (Lipinski definition) is 4. The number of aromatic nitrogens is 2. The van der Waals surface area contributed by atoms with Gasteiger partial charge in [-0.1, -0.05) is 11.6 Å². The fraction of sp³-hybridized carbons (Fsp3) is 0.600. The Morgan fingerprint density at radius 2 is 2.29 bits per heavy atom. The summed E-state index contributed by atoms with van der Waals surface area (Å²) in [5.74, 6) is 0.493. The first kappa shape index (κ1) is 14.2. The fourth-order valence-electron chi connectivity index (χ4n) is 1.45. The van der Waals surface area contributed by atoms with E-state index in [2.05, 4.69) is 10.4 Å². The van der Waals surface area contributed by atoms with Gasteiger partial charge in [0.15, 0.2) is 0 Å². The summed E-state index contributed by atoms with van der Waals surface area (Å²) in [5, 5.41) is 7.12. The maximum Gasteiger partial charge on any atom is 0.287 e. The van der Waals surface area contributed by atoms with Gasteiger partial charge in [0.2, 0.25) is 0 Å². The number of hydrogen-bond donors (Lipinski definition) is 1. The Morgan fingerprint density at radius 1 is 1.65 bits per heavy atom. The SMILES string of the molecule is CCn1ncc(NC(C)CS(C)=O)c(Cl)c1=O. The number of nitrogens with zero attached hydrogens (tertiary/aromatic N) is 2. The summed E-state index contributed by atoms with van der Waals surface area (Å²) in [4.78, 5) is 11.7. The summed E-state index contributed by atoms with van der Waals surface area (Å²) >= 11 is 5.95. The van der Waals surface area contributed by atoms with Crippen molar-refractivity contribution in [3.63, 3.8) is 0 Å². The monoisotopic (exact) mass is 277 g/mol. The lowest BCUT2D eigenvalue weighted by Crippen LogP contribution is -2.27. The van der Waals surface area contributed by atoms with Crippen LogP contribution in [-0.2, 0) is 17.3 Å². The van der Waals surface area contributed by atoms with E-state index in [1.54, 1.807) is 6.26 Å². The van der Waals surface area contributed by atoms with E-state index >= 15 is 0 Å². The average molecular weight is 278 g/mol. The van der Waals surface area contributed by atoms with Crippen LogP contribution < -0.4 is 10.9 Å². The van der Waals surface area contributed by atoms with Crippen molar-refractivity contribution in [1.82, 2.24) is 9.78 Å². The Morgan fingerprint density at radius 3 is 2.82 bits per heavy atom. The maximum absolute atomic E-state index is 11.7. The van der Waals surface area contributed by atoms with E-state index in [4.69, 9.17) is 11.6 Å². The lowest BCUT2D eigenvalue weighted by molar-refractivity contribution is 0.615. The first-order valence-corrected chi connectivity index (χ1v) is 7.38. The third kappa shape index (κ3) is 3.81. The normalized spacial score (nSPS) is 14.4. The smallest absolute Gasteiger partial charge is 0.287 e. The molecule has 0 fully saturated rings. The highest BCUT2D eigenvalue weighted by Gasteiger charge is 2.11. The molecule has 0 aliphatic rings. The van der Waals surface area contributed by atoms with Crippen LogP contribution in [0.5, 0.6) is 0 Å². The van der Waals surface area contributed by atoms with Crippen molar-refractivity contribution in [2.75, 3.05) is 17.3 Å². The highest BCUT2D eigenvalue weighted by atomic mass is 35.5. The van der Waals surface area contributed by atoms with Gasteiger partial charge in [-0.3, -0.25) is 9.00 Å². The molecule has 0 bridgehead atoms. The maximum atomic E-state index is 11.7. The largest absolute Gasteiger partial charge is 0.379 e. The standard InChI is InChI=1S/C10H16ClN3O2S/c1-4-14-10(15)9(11)8(5-12-14)13-7(2)6-17(3)16/h5,7,13H,4,6H2,1-3H3. The van der Waals surface area contributed by atoms with Gasteiger partial charge in [-0.2, -0.15) is 5.10 Å². The van der Waals surface area contributed by atoms with Gasteiger partial charge in [0.05, 0.1) is 11.9 Å². The zero-order chi connectivity index (χ0) is 13.0. The molecule has 0 radical (unpaired) electrons. The highest BCUT2D eigenvalue weighted by Crippen LogP contribution is 2.16. The predicted octanol–water partition coefficient (Wildman–Crippen LogP) is 1.10. The topological polar surface area (TPSA) is 64.0 Å². The van der Waals surface area contributed by atoms with Gasteiger partial charge in [-0.25, -0.2) is 4.68 Å². The second-order valence-corrected chi connectivity index (χ2v) is 5.64. The molecule has 2 unspecified atom stereocenters. The number of aryl methyl sites for hydroxylation is 1. The van der Waals surface area contributed by atoms with Gasteiger partial charge in [0.25, 0.3) is 5.56 Å². The number of anilines is 1. The van der Waals surface area contributed by atoms with Crippen LogP contribution in [0.25, 0.3) is 0 Å². The Balaban J connectivity index is 2.90. The summed E-state index contributed by atoms with van der Waals surface area (Å²) in [6.07, 6.45) is 3.15. The molecule has 0 aliphatic carbocycles. The van der Waals surface area contributed by atoms with Crippen LogP contribution >= 0.6 is 11.6 Å². The molecule has 0 aromatic carbocycles. The first-order valence-electron chi connectivity index (χ1n) is 5.27. The van der Waals surface area contributed by atoms with Gasteiger partial charge < -0.3 is 5.32 Å². The molecule has 17 heavy (non-hydrogen) atoms. The van der Waals surface area contributed by atoms with Gasteiger partial charge in [-0.05, 0) is 13.8 Å². The summed E-state index contributed by atoms with van der Waals surface area (Å²) in [6, 6.07) is -0.0305. The molecule has 1 aromatic heterocycles. The van der Waals surface area contributed by atoms with E-state index in [-0.39, 0.29) is 16.6 Å². The van der Waals surface area contributed by atoms with Gasteiger partial charge in [0, 0.05) is 35.4 Å². The van der Waals surface area contributed by atoms with E-state index in [0.717, 1.165) is 0 Å². The van der Waals surface area contributed by atoms with Crippen molar-refractivity contribution in [2.24, 2.45) is 0 Å². The fourth-order valence-corrected chi connectivity index (χ4v) is 2.44. The number of halogens is 1. The second-order valence-electron chi connectivity index (χ2n) is 3.78. The zero-order valence-electron chi connectivity index (χ0n) is 10.1. The van der Waals surface area contributed by atoms with Crippen LogP contribution in [0.2, 0.25) is 5.02 Å². The lowest BCUT2D eigenvalue weighted by Gasteiger charge is -2.15. The summed E-state index contributed by atoms with van der Waals surface area (Å²) in [7, 11) is -0.897. The van der Waals surface area contributed by atoms with Gasteiger partial charge in [0.1, 0.15) is 5.02 Å². The van der Waals surface area contributed by atoms with Crippen LogP contribution in [0, 0.1) is 0 Å². The quantitative estimate of drug-likeness (QED) is 0.875. The van der Waals surface area contributed by atoms with Crippen LogP contribution in [0.1, 0.15) is 13.8 Å². The first-order chi connectivity index (χ1) is 7.95. The van der Waals surface area contributed by atoms with Crippen molar-refractivity contribution in [1.29, 1.82) is 0 Å². The van der Waals surface area contributed by atoms with Crippen molar-refractivity contribution in [2.45, 2.75) is 26.4 Å². The minimum Gasteiger partial charge on any atom is -0.379 e. The number of rotatable bonds is 5. The van der Waals surface area contributed by atoms with Crippen LogP contribution in [0.3, 0.4) is 0 Å². The molecule has 1 rings (SSSR count). The van der Waals surface area contributed by atoms with Crippen LogP contribution in [-0.4, -0.2) is 32.0 Å². The van der Waals surface area contributed by atoms with E-state index in [1.165, 1.54) is 10.9 Å². The Labute approximate surface area is 108 Å². The molecule has 0 spiro atoms. The van der Waals surface area contributed by atoms with Crippen LogP contribution in [0.4, 0.5) is 5.69 Å². The molecule has 96 valence electrons. The van der Waals surface area contributed by atoms with Crippen molar-refractivity contribution in [3.05, 3.63) is 21.6 Å². The summed E-state index contributed by atoms with van der Waals surface area (Å²) in [6.45, 7) is 4.18. The molecule has 0 aliphatic heterocycles. The second kappa shape index (κ2) is 6.16. The van der Waals surface area contributed by atoms with Crippen molar-refractivity contribution < 1.29 is 4.21 Å². The average Bonchev–Trinajstić information content (AvgIpc) is 2.24. The van der Waals surface area contributed by atoms with Crippen molar-refractivity contribution >= 4 is 28.1 Å². The molecule has 7 heteroatoms. The van der Waals surface area contributed by atoms with E-state index in [1.807, 2.05) is 13.8 Å². The third-order valence-corrected chi connectivity index (χ3v) is 3.51. The molecule has 0 saturated carbocycles. The molecule has 1 aromatic rings. The van der Waals surface area contributed by atoms with Crippen molar-refractivity contribution in [3.8, 4) is 0 Å². The molecule has 0 amide bonds. The Kier molecular flexibility index (Phi) is 5.14. The molecule has 5 nitrogen and oxygen atoms in total.